The van der Waals surface area contributed by atoms with Crippen molar-refractivity contribution >= 4 is 17.9 Å². The average molecular weight is 259 g/mol. The summed E-state index contributed by atoms with van der Waals surface area (Å²) in [6.45, 7) is 2.73. The number of nitriles is 1. The summed E-state index contributed by atoms with van der Waals surface area (Å²) in [6.07, 6.45) is 0.700. The first-order valence-corrected chi connectivity index (χ1v) is 5.97. The zero-order valence-corrected chi connectivity index (χ0v) is 11.4. The van der Waals surface area contributed by atoms with Crippen LogP contribution in [0.25, 0.3) is 0 Å². The highest BCUT2D eigenvalue weighted by atomic mass is 16.2. The molecule has 5 heteroatoms. The van der Waals surface area contributed by atoms with Crippen molar-refractivity contribution in [2.75, 3.05) is 32.1 Å². The number of rotatable bonds is 5. The van der Waals surface area contributed by atoms with Gasteiger partial charge in [-0.05, 0) is 25.1 Å². The zero-order valence-electron chi connectivity index (χ0n) is 11.4. The summed E-state index contributed by atoms with van der Waals surface area (Å²) in [6, 6.07) is 6.94. The highest BCUT2D eigenvalue weighted by Crippen LogP contribution is 2.21. The van der Waals surface area contributed by atoms with Gasteiger partial charge in [-0.3, -0.25) is 9.59 Å². The Balaban J connectivity index is 3.08. The molecule has 1 amide bonds. The second-order valence-electron chi connectivity index (χ2n) is 4.31. The van der Waals surface area contributed by atoms with Crippen molar-refractivity contribution < 1.29 is 9.59 Å². The van der Waals surface area contributed by atoms with Crippen molar-refractivity contribution in [3.05, 3.63) is 29.3 Å². The van der Waals surface area contributed by atoms with Crippen LogP contribution < -0.4 is 4.90 Å². The first-order chi connectivity index (χ1) is 9.03. The Morgan fingerprint density at radius 3 is 2.58 bits per heavy atom. The molecule has 0 aliphatic carbocycles. The van der Waals surface area contributed by atoms with Gasteiger partial charge >= 0.3 is 0 Å². The lowest BCUT2D eigenvalue weighted by atomic mass is 10.1. The first kappa shape index (κ1) is 14.7. The van der Waals surface area contributed by atoms with E-state index in [0.717, 1.165) is 0 Å². The van der Waals surface area contributed by atoms with Crippen LogP contribution in [-0.4, -0.2) is 44.3 Å². The molecule has 0 atom stereocenters. The van der Waals surface area contributed by atoms with Crippen molar-refractivity contribution in [3.63, 3.8) is 0 Å². The van der Waals surface area contributed by atoms with Crippen molar-refractivity contribution in [2.45, 2.75) is 6.92 Å². The standard InChI is InChI=1S/C14H17N3O2/c1-4-17(9-14(19)16(2)3)13-6-5-11(10-18)7-12(13)8-15/h5-7,10H,4,9H2,1-3H3. The van der Waals surface area contributed by atoms with Gasteiger partial charge in [0.2, 0.25) is 5.91 Å². The van der Waals surface area contributed by atoms with Crippen LogP contribution in [0.4, 0.5) is 5.69 Å². The number of amides is 1. The van der Waals surface area contributed by atoms with E-state index < -0.39 is 0 Å². The number of hydrogen-bond acceptors (Lipinski definition) is 4. The van der Waals surface area contributed by atoms with Crippen LogP contribution in [0, 0.1) is 11.3 Å². The van der Waals surface area contributed by atoms with Crippen LogP contribution in [0.15, 0.2) is 18.2 Å². The predicted octanol–water partition coefficient (Wildman–Crippen LogP) is 1.29. The van der Waals surface area contributed by atoms with Gasteiger partial charge in [0.15, 0.2) is 0 Å². The summed E-state index contributed by atoms with van der Waals surface area (Å²) in [5, 5.41) is 9.14. The number of carbonyl (C=O) groups excluding carboxylic acids is 2. The van der Waals surface area contributed by atoms with Gasteiger partial charge in [0.25, 0.3) is 0 Å². The third kappa shape index (κ3) is 3.55. The molecule has 100 valence electrons. The summed E-state index contributed by atoms with van der Waals surface area (Å²) < 4.78 is 0. The minimum Gasteiger partial charge on any atom is -0.361 e. The van der Waals surface area contributed by atoms with Crippen LogP contribution >= 0.6 is 0 Å². The molecule has 0 unspecified atom stereocenters. The molecular formula is C14H17N3O2. The third-order valence-corrected chi connectivity index (χ3v) is 2.82. The summed E-state index contributed by atoms with van der Waals surface area (Å²) in [5.41, 5.74) is 1.53. The molecule has 0 saturated heterocycles. The minimum absolute atomic E-state index is 0.0368. The van der Waals surface area contributed by atoms with Crippen molar-refractivity contribution in [1.82, 2.24) is 4.90 Å². The second-order valence-corrected chi connectivity index (χ2v) is 4.31. The van der Waals surface area contributed by atoms with Crippen LogP contribution in [-0.2, 0) is 4.79 Å². The lowest BCUT2D eigenvalue weighted by Gasteiger charge is -2.25. The van der Waals surface area contributed by atoms with Crippen molar-refractivity contribution in [3.8, 4) is 6.07 Å². The maximum absolute atomic E-state index is 11.8. The lowest BCUT2D eigenvalue weighted by molar-refractivity contribution is -0.127. The SMILES string of the molecule is CCN(CC(=O)N(C)C)c1ccc(C=O)cc1C#N. The Morgan fingerprint density at radius 1 is 1.42 bits per heavy atom. The van der Waals surface area contributed by atoms with E-state index in [-0.39, 0.29) is 12.5 Å². The van der Waals surface area contributed by atoms with E-state index in [1.807, 2.05) is 11.8 Å². The van der Waals surface area contributed by atoms with Gasteiger partial charge in [-0.2, -0.15) is 5.26 Å². The third-order valence-electron chi connectivity index (χ3n) is 2.82. The van der Waals surface area contributed by atoms with Crippen LogP contribution in [0.2, 0.25) is 0 Å². The second kappa shape index (κ2) is 6.55. The molecule has 19 heavy (non-hydrogen) atoms. The van der Waals surface area contributed by atoms with Crippen molar-refractivity contribution in [1.29, 1.82) is 5.26 Å². The van der Waals surface area contributed by atoms with E-state index in [1.165, 1.54) is 11.0 Å². The van der Waals surface area contributed by atoms with E-state index >= 15 is 0 Å². The molecule has 5 nitrogen and oxygen atoms in total. The highest BCUT2D eigenvalue weighted by molar-refractivity contribution is 5.83. The molecule has 1 aromatic carbocycles. The number of anilines is 1. The van der Waals surface area contributed by atoms with Crippen LogP contribution in [0.3, 0.4) is 0 Å². The highest BCUT2D eigenvalue weighted by Gasteiger charge is 2.15. The van der Waals surface area contributed by atoms with E-state index in [4.69, 9.17) is 5.26 Å². The Hall–Kier alpha value is -2.35. The molecule has 0 radical (unpaired) electrons. The summed E-state index contributed by atoms with van der Waals surface area (Å²) in [4.78, 5) is 25.8. The number of aldehydes is 1. The van der Waals surface area contributed by atoms with Gasteiger partial charge in [0.1, 0.15) is 12.4 Å². The summed E-state index contributed by atoms with van der Waals surface area (Å²) >= 11 is 0. The largest absolute Gasteiger partial charge is 0.361 e. The van der Waals surface area contributed by atoms with E-state index in [9.17, 15) is 9.59 Å². The lowest BCUT2D eigenvalue weighted by Crippen LogP contribution is -2.36. The predicted molar refractivity (Wildman–Crippen MR) is 73.1 cm³/mol. The van der Waals surface area contributed by atoms with Gasteiger partial charge in [0, 0.05) is 26.2 Å². The van der Waals surface area contributed by atoms with Crippen LogP contribution in [0.5, 0.6) is 0 Å². The molecule has 0 aliphatic rings. The summed E-state index contributed by atoms with van der Waals surface area (Å²) in [7, 11) is 3.38. The Morgan fingerprint density at radius 2 is 2.11 bits per heavy atom. The quantitative estimate of drug-likeness (QED) is 0.747. The summed E-state index contributed by atoms with van der Waals surface area (Å²) in [5.74, 6) is -0.0368. The maximum atomic E-state index is 11.8. The van der Waals surface area contributed by atoms with Gasteiger partial charge in [0.05, 0.1) is 17.8 Å². The maximum Gasteiger partial charge on any atom is 0.241 e. The number of nitrogens with zero attached hydrogens (tertiary/aromatic N) is 3. The topological polar surface area (TPSA) is 64.4 Å². The van der Waals surface area contributed by atoms with Gasteiger partial charge in [-0.25, -0.2) is 0 Å². The molecule has 0 bridgehead atoms. The van der Waals surface area contributed by atoms with E-state index in [0.29, 0.717) is 29.6 Å². The molecule has 1 rings (SSSR count). The normalized spacial score (nSPS) is 9.58. The molecule has 0 saturated carbocycles. The Labute approximate surface area is 113 Å². The van der Waals surface area contributed by atoms with Crippen LogP contribution in [0.1, 0.15) is 22.8 Å². The molecule has 1 aromatic rings. The fraction of sp³-hybridized carbons (Fsp3) is 0.357. The Bertz CT molecular complexity index is 518. The molecule has 0 heterocycles. The molecule has 0 aromatic heterocycles. The van der Waals surface area contributed by atoms with Crippen molar-refractivity contribution in [2.24, 2.45) is 0 Å². The molecular weight excluding hydrogens is 242 g/mol. The number of carbonyl (C=O) groups is 2. The molecule has 0 aliphatic heterocycles. The molecule has 0 spiro atoms. The zero-order chi connectivity index (χ0) is 14.4. The molecule has 0 fully saturated rings. The number of benzene rings is 1. The smallest absolute Gasteiger partial charge is 0.241 e. The number of hydrogen-bond donors (Lipinski definition) is 0. The Kier molecular flexibility index (Phi) is 5.07. The minimum atomic E-state index is -0.0368. The van der Waals surface area contributed by atoms with E-state index in [2.05, 4.69) is 6.07 Å². The fourth-order valence-electron chi connectivity index (χ4n) is 1.66. The molecule has 0 N–H and O–H groups in total. The fourth-order valence-corrected chi connectivity index (χ4v) is 1.66. The van der Waals surface area contributed by atoms with Gasteiger partial charge in [-0.1, -0.05) is 0 Å². The average Bonchev–Trinajstić information content (AvgIpc) is 2.43. The van der Waals surface area contributed by atoms with E-state index in [1.54, 1.807) is 26.2 Å². The van der Waals surface area contributed by atoms with Gasteiger partial charge in [-0.15, -0.1) is 0 Å². The van der Waals surface area contributed by atoms with Gasteiger partial charge < -0.3 is 9.80 Å². The monoisotopic (exact) mass is 259 g/mol. The number of likely N-dealkylation sites (N-methyl/N-ethyl adjacent to an activating group) is 2. The first-order valence-electron chi connectivity index (χ1n) is 5.97.